The highest BCUT2D eigenvalue weighted by molar-refractivity contribution is 7.89. The molecule has 0 unspecified atom stereocenters. The van der Waals surface area contributed by atoms with Crippen molar-refractivity contribution in [2.24, 2.45) is 4.99 Å². The van der Waals surface area contributed by atoms with E-state index < -0.39 is 10.0 Å². The van der Waals surface area contributed by atoms with E-state index in [1.807, 2.05) is 20.8 Å². The van der Waals surface area contributed by atoms with E-state index in [4.69, 9.17) is 0 Å². The number of hydrogen-bond donors (Lipinski definition) is 1. The predicted octanol–water partition coefficient (Wildman–Crippen LogP) is 1.74. The Morgan fingerprint density at radius 3 is 2.63 bits per heavy atom. The Bertz CT molecular complexity index is 588. The van der Waals surface area contributed by atoms with Gasteiger partial charge in [0.2, 0.25) is 0 Å². The van der Waals surface area contributed by atoms with Gasteiger partial charge in [0, 0.05) is 18.6 Å². The first kappa shape index (κ1) is 14.0. The first-order valence-electron chi connectivity index (χ1n) is 6.21. The second kappa shape index (κ2) is 4.94. The van der Waals surface area contributed by atoms with Crippen LogP contribution in [0.1, 0.15) is 20.8 Å². The van der Waals surface area contributed by atoms with Gasteiger partial charge in [-0.25, -0.2) is 13.4 Å². The SMILES string of the molecule is CC(C)(C)NCCN1C=Nc2ccccc2S1(=O)=O. The molecule has 0 aromatic heterocycles. The van der Waals surface area contributed by atoms with Crippen LogP contribution in [-0.2, 0) is 10.0 Å². The number of nitrogens with zero attached hydrogens (tertiary/aromatic N) is 2. The Labute approximate surface area is 114 Å². The maximum absolute atomic E-state index is 12.4. The molecule has 5 nitrogen and oxygen atoms in total. The summed E-state index contributed by atoms with van der Waals surface area (Å²) >= 11 is 0. The van der Waals surface area contributed by atoms with E-state index in [-0.39, 0.29) is 10.4 Å². The number of sulfonamides is 1. The summed E-state index contributed by atoms with van der Waals surface area (Å²) < 4.78 is 26.0. The zero-order valence-corrected chi connectivity index (χ0v) is 12.2. The highest BCUT2D eigenvalue weighted by Crippen LogP contribution is 2.29. The van der Waals surface area contributed by atoms with Gasteiger partial charge in [-0.3, -0.25) is 4.31 Å². The van der Waals surface area contributed by atoms with Crippen molar-refractivity contribution in [2.75, 3.05) is 13.1 Å². The standard InChI is InChI=1S/C13H19N3O2S/c1-13(2,3)15-8-9-16-10-14-11-6-4-5-7-12(11)19(16,17)18/h4-7,10,15H,8-9H2,1-3H3. The summed E-state index contributed by atoms with van der Waals surface area (Å²) in [5, 5.41) is 3.26. The van der Waals surface area contributed by atoms with E-state index >= 15 is 0 Å². The molecule has 1 heterocycles. The molecule has 2 rings (SSSR count). The number of aliphatic imine (C=N–C) groups is 1. The van der Waals surface area contributed by atoms with Crippen LogP contribution < -0.4 is 5.32 Å². The van der Waals surface area contributed by atoms with Crippen LogP contribution in [0.2, 0.25) is 0 Å². The molecule has 1 aliphatic rings. The van der Waals surface area contributed by atoms with Crippen LogP contribution in [0.25, 0.3) is 0 Å². The van der Waals surface area contributed by atoms with Gasteiger partial charge in [0.25, 0.3) is 10.0 Å². The molecule has 1 aromatic rings. The molecule has 0 saturated heterocycles. The van der Waals surface area contributed by atoms with Gasteiger partial charge in [0.15, 0.2) is 0 Å². The van der Waals surface area contributed by atoms with Crippen molar-refractivity contribution in [2.45, 2.75) is 31.2 Å². The minimum Gasteiger partial charge on any atom is -0.310 e. The molecule has 0 bridgehead atoms. The van der Waals surface area contributed by atoms with Crippen molar-refractivity contribution < 1.29 is 8.42 Å². The summed E-state index contributed by atoms with van der Waals surface area (Å²) in [6, 6.07) is 6.78. The average Bonchev–Trinajstić information content (AvgIpc) is 2.31. The quantitative estimate of drug-likeness (QED) is 0.918. The van der Waals surface area contributed by atoms with Crippen molar-refractivity contribution in [3.05, 3.63) is 24.3 Å². The molecular formula is C13H19N3O2S. The number of hydrogen-bond acceptors (Lipinski definition) is 4. The fraction of sp³-hybridized carbons (Fsp3) is 0.462. The van der Waals surface area contributed by atoms with E-state index in [2.05, 4.69) is 10.3 Å². The maximum atomic E-state index is 12.4. The summed E-state index contributed by atoms with van der Waals surface area (Å²) in [4.78, 5) is 4.45. The molecule has 1 aromatic carbocycles. The third-order valence-electron chi connectivity index (χ3n) is 2.77. The van der Waals surface area contributed by atoms with Crippen molar-refractivity contribution in [1.29, 1.82) is 0 Å². The average molecular weight is 281 g/mol. The number of para-hydroxylation sites is 1. The molecule has 104 valence electrons. The van der Waals surface area contributed by atoms with E-state index in [1.165, 1.54) is 10.6 Å². The number of benzene rings is 1. The van der Waals surface area contributed by atoms with Gasteiger partial charge in [-0.1, -0.05) is 12.1 Å². The summed E-state index contributed by atoms with van der Waals surface area (Å²) in [7, 11) is -3.46. The van der Waals surface area contributed by atoms with Crippen molar-refractivity contribution >= 4 is 22.0 Å². The Morgan fingerprint density at radius 1 is 1.26 bits per heavy atom. The molecule has 0 atom stereocenters. The Balaban J connectivity index is 2.14. The van der Waals surface area contributed by atoms with Crippen LogP contribution >= 0.6 is 0 Å². The largest absolute Gasteiger partial charge is 0.310 e. The van der Waals surface area contributed by atoms with Crippen LogP contribution in [0.4, 0.5) is 5.69 Å². The lowest BCUT2D eigenvalue weighted by molar-refractivity contribution is 0.409. The summed E-state index contributed by atoms with van der Waals surface area (Å²) in [5.41, 5.74) is 0.469. The third-order valence-corrected chi connectivity index (χ3v) is 4.56. The molecule has 0 saturated carbocycles. The Hall–Kier alpha value is -1.40. The Kier molecular flexibility index (Phi) is 3.64. The van der Waals surface area contributed by atoms with Crippen LogP contribution in [-0.4, -0.2) is 37.7 Å². The first-order valence-corrected chi connectivity index (χ1v) is 7.65. The summed E-state index contributed by atoms with van der Waals surface area (Å²) in [5.74, 6) is 0. The second-order valence-corrected chi connectivity index (χ2v) is 7.36. The molecule has 1 N–H and O–H groups in total. The summed E-state index contributed by atoms with van der Waals surface area (Å²) in [6.45, 7) is 7.08. The topological polar surface area (TPSA) is 61.8 Å². The van der Waals surface area contributed by atoms with Gasteiger partial charge < -0.3 is 5.32 Å². The van der Waals surface area contributed by atoms with Gasteiger partial charge in [0.1, 0.15) is 11.2 Å². The van der Waals surface area contributed by atoms with Crippen molar-refractivity contribution in [3.8, 4) is 0 Å². The van der Waals surface area contributed by atoms with Gasteiger partial charge >= 0.3 is 0 Å². The highest BCUT2D eigenvalue weighted by Gasteiger charge is 2.28. The molecule has 19 heavy (non-hydrogen) atoms. The lowest BCUT2D eigenvalue weighted by Crippen LogP contribution is -2.43. The smallest absolute Gasteiger partial charge is 0.267 e. The zero-order chi connectivity index (χ0) is 14.1. The van der Waals surface area contributed by atoms with Crippen molar-refractivity contribution in [3.63, 3.8) is 0 Å². The molecular weight excluding hydrogens is 262 g/mol. The Morgan fingerprint density at radius 2 is 1.95 bits per heavy atom. The zero-order valence-electron chi connectivity index (χ0n) is 11.4. The minimum absolute atomic E-state index is 0.0331. The second-order valence-electron chi connectivity index (χ2n) is 5.50. The van der Waals surface area contributed by atoms with E-state index in [9.17, 15) is 8.42 Å². The molecule has 0 spiro atoms. The number of fused-ring (bicyclic) bond motifs is 1. The molecule has 1 aliphatic heterocycles. The normalized spacial score (nSPS) is 17.3. The van der Waals surface area contributed by atoms with Gasteiger partial charge in [-0.15, -0.1) is 0 Å². The van der Waals surface area contributed by atoms with Crippen LogP contribution in [0.15, 0.2) is 34.2 Å². The highest BCUT2D eigenvalue weighted by atomic mass is 32.2. The lowest BCUT2D eigenvalue weighted by atomic mass is 10.1. The molecule has 6 heteroatoms. The van der Waals surface area contributed by atoms with Crippen molar-refractivity contribution in [1.82, 2.24) is 9.62 Å². The molecule has 0 amide bonds. The van der Waals surface area contributed by atoms with Crippen LogP contribution in [0, 0.1) is 0 Å². The number of rotatable bonds is 3. The molecule has 0 fully saturated rings. The molecule has 0 aliphatic carbocycles. The van der Waals surface area contributed by atoms with E-state index in [0.717, 1.165) is 0 Å². The molecule has 0 radical (unpaired) electrons. The summed E-state index contributed by atoms with van der Waals surface area (Å²) in [6.07, 6.45) is 1.39. The third kappa shape index (κ3) is 3.13. The predicted molar refractivity (Wildman–Crippen MR) is 76.2 cm³/mol. The fourth-order valence-corrected chi connectivity index (χ4v) is 3.21. The number of nitrogens with one attached hydrogen (secondary N) is 1. The van der Waals surface area contributed by atoms with Gasteiger partial charge in [0.05, 0.1) is 5.69 Å². The first-order chi connectivity index (χ1) is 8.81. The minimum atomic E-state index is -3.46. The lowest BCUT2D eigenvalue weighted by Gasteiger charge is -2.26. The van der Waals surface area contributed by atoms with Gasteiger partial charge in [-0.2, -0.15) is 0 Å². The fourth-order valence-electron chi connectivity index (χ4n) is 1.82. The van der Waals surface area contributed by atoms with E-state index in [0.29, 0.717) is 18.8 Å². The monoisotopic (exact) mass is 281 g/mol. The van der Waals surface area contributed by atoms with E-state index in [1.54, 1.807) is 24.3 Å². The van der Waals surface area contributed by atoms with Crippen LogP contribution in [0.3, 0.4) is 0 Å². The maximum Gasteiger partial charge on any atom is 0.267 e. The van der Waals surface area contributed by atoms with Gasteiger partial charge in [-0.05, 0) is 32.9 Å². The van der Waals surface area contributed by atoms with Crippen LogP contribution in [0.5, 0.6) is 0 Å².